The van der Waals surface area contributed by atoms with Crippen molar-refractivity contribution in [3.05, 3.63) is 42.0 Å². The van der Waals surface area contributed by atoms with Crippen molar-refractivity contribution in [3.63, 3.8) is 0 Å². The summed E-state index contributed by atoms with van der Waals surface area (Å²) >= 11 is 5.24. The lowest BCUT2D eigenvalue weighted by molar-refractivity contribution is -0.153. The molecule has 0 saturated carbocycles. The topological polar surface area (TPSA) is 89.8 Å². The molecule has 1 aromatic heterocycles. The molecule has 1 aliphatic heterocycles. The fourth-order valence-corrected chi connectivity index (χ4v) is 2.77. The Labute approximate surface area is 166 Å². The van der Waals surface area contributed by atoms with Gasteiger partial charge in [0.05, 0.1) is 0 Å². The molecule has 0 unspecified atom stereocenters. The zero-order valence-electron chi connectivity index (χ0n) is 14.5. The van der Waals surface area contributed by atoms with Gasteiger partial charge in [0.15, 0.2) is 34.6 Å². The van der Waals surface area contributed by atoms with Crippen molar-refractivity contribution in [1.82, 2.24) is 16.1 Å². The summed E-state index contributed by atoms with van der Waals surface area (Å²) in [6, 6.07) is 9.78. The maximum Gasteiger partial charge on any atom is 0.422 e. The molecule has 4 rings (SSSR count). The molecule has 0 amide bonds. The quantitative estimate of drug-likeness (QED) is 0.531. The summed E-state index contributed by atoms with van der Waals surface area (Å²) in [6.07, 6.45) is -4.47. The number of alkyl halides is 3. The molecule has 0 atom stereocenters. The summed E-state index contributed by atoms with van der Waals surface area (Å²) in [5.74, 6) is 1.23. The zero-order chi connectivity index (χ0) is 20.4. The summed E-state index contributed by atoms with van der Waals surface area (Å²) in [6.45, 7) is -1.08. The first-order valence-corrected chi connectivity index (χ1v) is 8.64. The van der Waals surface area contributed by atoms with Crippen LogP contribution in [0.15, 0.2) is 40.9 Å². The molecule has 2 heterocycles. The van der Waals surface area contributed by atoms with E-state index in [1.807, 2.05) is 6.07 Å². The van der Waals surface area contributed by atoms with Crippen LogP contribution < -0.4 is 30.7 Å². The largest absolute Gasteiger partial charge is 0.483 e. The van der Waals surface area contributed by atoms with Crippen LogP contribution in [0.5, 0.6) is 17.2 Å². The minimum absolute atomic E-state index is 0.0188. The van der Waals surface area contributed by atoms with E-state index in [4.69, 9.17) is 31.2 Å². The van der Waals surface area contributed by atoms with Crippen molar-refractivity contribution in [2.24, 2.45) is 0 Å². The maximum absolute atomic E-state index is 12.5. The lowest BCUT2D eigenvalue weighted by Gasteiger charge is -2.11. The van der Waals surface area contributed by atoms with Crippen molar-refractivity contribution in [2.45, 2.75) is 12.7 Å². The standard InChI is InChI=1S/C17H13F3N4O4S/c18-17(19,20)8-25-11-2-1-3-12-14(11)15(23-26-12)22-16(29)21-7-9-4-5-10-13(6-9)28-24-27-10/h1-6,24H,7-8H2,(H2,21,22,23,29). The van der Waals surface area contributed by atoms with Gasteiger partial charge in [-0.25, -0.2) is 0 Å². The lowest BCUT2D eigenvalue weighted by atomic mass is 10.2. The number of hydrogen-bond acceptors (Lipinski definition) is 7. The molecule has 152 valence electrons. The van der Waals surface area contributed by atoms with Crippen LogP contribution in [0.25, 0.3) is 11.0 Å². The van der Waals surface area contributed by atoms with Crippen LogP contribution in [0.3, 0.4) is 0 Å². The third-order valence-corrected chi connectivity index (χ3v) is 4.09. The van der Waals surface area contributed by atoms with Gasteiger partial charge in [0.2, 0.25) is 0 Å². The molecule has 0 aliphatic carbocycles. The van der Waals surface area contributed by atoms with Crippen LogP contribution in [-0.2, 0) is 6.54 Å². The highest BCUT2D eigenvalue weighted by Gasteiger charge is 2.29. The van der Waals surface area contributed by atoms with E-state index in [-0.39, 0.29) is 27.6 Å². The molecule has 0 spiro atoms. The summed E-state index contributed by atoms with van der Waals surface area (Å²) in [4.78, 5) is 10.1. The number of benzene rings is 2. The van der Waals surface area contributed by atoms with E-state index in [9.17, 15) is 13.2 Å². The van der Waals surface area contributed by atoms with Crippen LogP contribution in [0.2, 0.25) is 0 Å². The normalized spacial score (nSPS) is 12.8. The molecule has 8 nitrogen and oxygen atoms in total. The Bertz CT molecular complexity index is 1060. The number of thiocarbonyl (C=S) groups is 1. The van der Waals surface area contributed by atoms with Crippen molar-refractivity contribution in [1.29, 1.82) is 0 Å². The van der Waals surface area contributed by atoms with Gasteiger partial charge >= 0.3 is 6.18 Å². The van der Waals surface area contributed by atoms with Crippen molar-refractivity contribution >= 4 is 34.1 Å². The van der Waals surface area contributed by atoms with Gasteiger partial charge in [0, 0.05) is 12.2 Å². The Kier molecular flexibility index (Phi) is 5.03. The van der Waals surface area contributed by atoms with E-state index in [0.717, 1.165) is 5.56 Å². The van der Waals surface area contributed by atoms with Gasteiger partial charge in [-0.3, -0.25) is 0 Å². The van der Waals surface area contributed by atoms with Crippen LogP contribution in [0.1, 0.15) is 5.56 Å². The minimum atomic E-state index is -4.47. The van der Waals surface area contributed by atoms with Crippen LogP contribution in [0.4, 0.5) is 19.0 Å². The lowest BCUT2D eigenvalue weighted by Crippen LogP contribution is -2.28. The van der Waals surface area contributed by atoms with Gasteiger partial charge < -0.3 is 29.6 Å². The van der Waals surface area contributed by atoms with Crippen molar-refractivity contribution in [3.8, 4) is 17.2 Å². The number of hydrogen-bond donors (Lipinski definition) is 3. The van der Waals surface area contributed by atoms with E-state index in [2.05, 4.69) is 21.4 Å². The summed E-state index contributed by atoms with van der Waals surface area (Å²) in [5, 5.41) is 10.1. The first-order chi connectivity index (χ1) is 13.9. The number of nitrogens with one attached hydrogen (secondary N) is 3. The molecule has 3 aromatic rings. The second-order valence-electron chi connectivity index (χ2n) is 5.94. The molecule has 0 bridgehead atoms. The number of anilines is 1. The molecule has 12 heteroatoms. The van der Waals surface area contributed by atoms with Gasteiger partial charge in [-0.1, -0.05) is 17.3 Å². The fourth-order valence-electron chi connectivity index (χ4n) is 2.60. The first kappa shape index (κ1) is 19.1. The number of aromatic nitrogens is 1. The monoisotopic (exact) mass is 426 g/mol. The average Bonchev–Trinajstić information content (AvgIpc) is 3.31. The number of rotatable bonds is 5. The van der Waals surface area contributed by atoms with Gasteiger partial charge in [-0.15, -0.1) is 0 Å². The Hall–Kier alpha value is -3.25. The van der Waals surface area contributed by atoms with Crippen LogP contribution >= 0.6 is 12.2 Å². The first-order valence-electron chi connectivity index (χ1n) is 8.23. The molecule has 0 fully saturated rings. The summed E-state index contributed by atoms with van der Waals surface area (Å²) in [5.41, 5.74) is 3.41. The Morgan fingerprint density at radius 1 is 1.17 bits per heavy atom. The zero-order valence-corrected chi connectivity index (χ0v) is 15.3. The van der Waals surface area contributed by atoms with Gasteiger partial charge in [0.1, 0.15) is 11.1 Å². The van der Waals surface area contributed by atoms with Crippen molar-refractivity contribution < 1.29 is 32.1 Å². The molecule has 2 aromatic carbocycles. The average molecular weight is 426 g/mol. The SMILES string of the molecule is FC(F)(F)COc1cccc2onc(NC(=S)NCc3ccc4c(c3)ONO4)c12. The van der Waals surface area contributed by atoms with E-state index in [1.165, 1.54) is 12.1 Å². The maximum atomic E-state index is 12.5. The molecule has 0 saturated heterocycles. The molecular weight excluding hydrogens is 413 g/mol. The molecule has 3 N–H and O–H groups in total. The molecule has 0 radical (unpaired) electrons. The second kappa shape index (κ2) is 7.64. The Morgan fingerprint density at radius 3 is 2.83 bits per heavy atom. The highest BCUT2D eigenvalue weighted by Crippen LogP contribution is 2.33. The van der Waals surface area contributed by atoms with E-state index >= 15 is 0 Å². The summed E-state index contributed by atoms with van der Waals surface area (Å²) in [7, 11) is 0. The minimum Gasteiger partial charge on any atom is -0.483 e. The molecule has 1 aliphatic rings. The number of halogens is 3. The predicted molar refractivity (Wildman–Crippen MR) is 99.5 cm³/mol. The van der Waals surface area contributed by atoms with Crippen LogP contribution in [0, 0.1) is 0 Å². The molecule has 29 heavy (non-hydrogen) atoms. The number of fused-ring (bicyclic) bond motifs is 2. The smallest absolute Gasteiger partial charge is 0.422 e. The number of ether oxygens (including phenoxy) is 1. The van der Waals surface area contributed by atoms with Gasteiger partial charge in [-0.2, -0.15) is 13.2 Å². The highest BCUT2D eigenvalue weighted by molar-refractivity contribution is 7.80. The van der Waals surface area contributed by atoms with E-state index < -0.39 is 12.8 Å². The Balaban J connectivity index is 1.44. The Morgan fingerprint density at radius 2 is 2.00 bits per heavy atom. The highest BCUT2D eigenvalue weighted by atomic mass is 32.1. The second-order valence-corrected chi connectivity index (χ2v) is 6.35. The third-order valence-electron chi connectivity index (χ3n) is 3.85. The van der Waals surface area contributed by atoms with Gasteiger partial charge in [0.25, 0.3) is 0 Å². The summed E-state index contributed by atoms with van der Waals surface area (Å²) < 4.78 is 47.5. The van der Waals surface area contributed by atoms with Gasteiger partial charge in [-0.05, 0) is 42.0 Å². The number of nitrogens with zero attached hydrogens (tertiary/aromatic N) is 1. The molecular formula is C17H13F3N4O4S. The van der Waals surface area contributed by atoms with Crippen LogP contribution in [-0.4, -0.2) is 23.1 Å². The predicted octanol–water partition coefficient (Wildman–Crippen LogP) is 3.45. The third kappa shape index (κ3) is 4.43. The van der Waals surface area contributed by atoms with Crippen molar-refractivity contribution in [2.75, 3.05) is 11.9 Å². The van der Waals surface area contributed by atoms with E-state index in [1.54, 1.807) is 18.2 Å². The fraction of sp³-hybridized carbons (Fsp3) is 0.176. The van der Waals surface area contributed by atoms with E-state index in [0.29, 0.717) is 18.0 Å².